The van der Waals surface area contributed by atoms with Crippen LogP contribution in [0.2, 0.25) is 5.02 Å². The zero-order valence-corrected chi connectivity index (χ0v) is 14.5. The molecule has 1 unspecified atom stereocenters. The van der Waals surface area contributed by atoms with Crippen molar-refractivity contribution in [1.29, 1.82) is 0 Å². The number of hydrogen-bond acceptors (Lipinski definition) is 2. The molecule has 1 aliphatic rings. The second kappa shape index (κ2) is 7.82. The minimum atomic E-state index is 0.109. The topological polar surface area (TPSA) is 46.3 Å². The standard InChI is InChI=1S/C20H23ClN2O/c21-18-8-4-5-15(13-18)14-19(22)16-9-11-23(12-10-16)20(24)17-6-2-1-3-7-17/h1-8,13,16,19H,9-12,14,22H2. The number of rotatable bonds is 4. The fourth-order valence-electron chi connectivity index (χ4n) is 3.40. The number of nitrogens with two attached hydrogens (primary N) is 1. The Morgan fingerprint density at radius 2 is 1.83 bits per heavy atom. The summed E-state index contributed by atoms with van der Waals surface area (Å²) in [4.78, 5) is 14.4. The van der Waals surface area contributed by atoms with Gasteiger partial charge in [-0.2, -0.15) is 0 Å². The van der Waals surface area contributed by atoms with Crippen LogP contribution in [0.3, 0.4) is 0 Å². The van der Waals surface area contributed by atoms with Crippen LogP contribution in [0.15, 0.2) is 54.6 Å². The largest absolute Gasteiger partial charge is 0.339 e. The van der Waals surface area contributed by atoms with Gasteiger partial charge >= 0.3 is 0 Å². The maximum absolute atomic E-state index is 12.5. The summed E-state index contributed by atoms with van der Waals surface area (Å²) in [5.74, 6) is 0.571. The maximum atomic E-state index is 12.5. The third-order valence-corrected chi connectivity index (χ3v) is 5.05. The van der Waals surface area contributed by atoms with Gasteiger partial charge in [0, 0.05) is 29.7 Å². The van der Waals surface area contributed by atoms with Crippen LogP contribution in [-0.4, -0.2) is 29.9 Å². The molecule has 0 aliphatic carbocycles. The van der Waals surface area contributed by atoms with Gasteiger partial charge in [-0.05, 0) is 55.0 Å². The normalized spacial score (nSPS) is 16.8. The number of carbonyl (C=O) groups is 1. The van der Waals surface area contributed by atoms with Crippen LogP contribution in [0, 0.1) is 5.92 Å². The first kappa shape index (κ1) is 17.0. The van der Waals surface area contributed by atoms with Crippen molar-refractivity contribution >= 4 is 17.5 Å². The monoisotopic (exact) mass is 342 g/mol. The average molecular weight is 343 g/mol. The number of nitrogens with zero attached hydrogens (tertiary/aromatic N) is 1. The zero-order valence-electron chi connectivity index (χ0n) is 13.7. The Morgan fingerprint density at radius 1 is 1.12 bits per heavy atom. The van der Waals surface area contributed by atoms with Crippen molar-refractivity contribution in [3.05, 3.63) is 70.7 Å². The van der Waals surface area contributed by atoms with Crippen molar-refractivity contribution in [2.45, 2.75) is 25.3 Å². The number of carbonyl (C=O) groups excluding carboxylic acids is 1. The van der Waals surface area contributed by atoms with Crippen LogP contribution >= 0.6 is 11.6 Å². The molecule has 0 spiro atoms. The van der Waals surface area contributed by atoms with Crippen molar-refractivity contribution in [3.8, 4) is 0 Å². The van der Waals surface area contributed by atoms with E-state index in [2.05, 4.69) is 6.07 Å². The van der Waals surface area contributed by atoms with Gasteiger partial charge in [-0.3, -0.25) is 4.79 Å². The van der Waals surface area contributed by atoms with E-state index in [1.54, 1.807) is 0 Å². The second-order valence-electron chi connectivity index (χ2n) is 6.49. The predicted molar refractivity (Wildman–Crippen MR) is 98.2 cm³/mol. The number of likely N-dealkylation sites (tertiary alicyclic amines) is 1. The summed E-state index contributed by atoms with van der Waals surface area (Å²) < 4.78 is 0. The summed E-state index contributed by atoms with van der Waals surface area (Å²) in [6.07, 6.45) is 2.75. The maximum Gasteiger partial charge on any atom is 0.253 e. The molecular weight excluding hydrogens is 320 g/mol. The number of piperidine rings is 1. The molecule has 1 saturated heterocycles. The first-order chi connectivity index (χ1) is 11.6. The van der Waals surface area contributed by atoms with Crippen molar-refractivity contribution in [3.63, 3.8) is 0 Å². The molecule has 126 valence electrons. The fraction of sp³-hybridized carbons (Fsp3) is 0.350. The van der Waals surface area contributed by atoms with Crippen LogP contribution < -0.4 is 5.73 Å². The van der Waals surface area contributed by atoms with Gasteiger partial charge in [-0.25, -0.2) is 0 Å². The number of benzene rings is 2. The molecule has 2 aromatic carbocycles. The summed E-state index contributed by atoms with van der Waals surface area (Å²) in [6.45, 7) is 1.56. The van der Waals surface area contributed by atoms with Crippen LogP contribution in [-0.2, 0) is 6.42 Å². The SMILES string of the molecule is NC(Cc1cccc(Cl)c1)C1CCN(C(=O)c2ccccc2)CC1. The van der Waals surface area contributed by atoms with Crippen molar-refractivity contribution in [2.24, 2.45) is 11.7 Å². The molecule has 24 heavy (non-hydrogen) atoms. The summed E-state index contributed by atoms with van der Waals surface area (Å²) >= 11 is 6.04. The van der Waals surface area contributed by atoms with Crippen molar-refractivity contribution < 1.29 is 4.79 Å². The van der Waals surface area contributed by atoms with Gasteiger partial charge in [0.1, 0.15) is 0 Å². The second-order valence-corrected chi connectivity index (χ2v) is 6.93. The summed E-state index contributed by atoms with van der Waals surface area (Å²) in [5.41, 5.74) is 8.36. The average Bonchev–Trinajstić information content (AvgIpc) is 2.62. The van der Waals surface area contributed by atoms with E-state index in [0.717, 1.165) is 42.9 Å². The first-order valence-corrected chi connectivity index (χ1v) is 8.85. The summed E-state index contributed by atoms with van der Waals surface area (Å²) in [7, 11) is 0. The van der Waals surface area contributed by atoms with E-state index in [0.29, 0.717) is 5.92 Å². The molecule has 3 rings (SSSR count). The van der Waals surface area contributed by atoms with E-state index in [1.165, 1.54) is 5.56 Å². The lowest BCUT2D eigenvalue weighted by atomic mass is 9.86. The Balaban J connectivity index is 1.54. The highest BCUT2D eigenvalue weighted by Crippen LogP contribution is 2.23. The van der Waals surface area contributed by atoms with Gasteiger partial charge < -0.3 is 10.6 Å². The van der Waals surface area contributed by atoms with Gasteiger partial charge in [-0.15, -0.1) is 0 Å². The molecule has 1 fully saturated rings. The van der Waals surface area contributed by atoms with Crippen molar-refractivity contribution in [1.82, 2.24) is 4.90 Å². The van der Waals surface area contributed by atoms with Crippen LogP contribution in [0.1, 0.15) is 28.8 Å². The molecule has 1 aliphatic heterocycles. The van der Waals surface area contributed by atoms with Crippen LogP contribution in [0.5, 0.6) is 0 Å². The molecule has 1 atom stereocenters. The van der Waals surface area contributed by atoms with Gasteiger partial charge in [0.25, 0.3) is 5.91 Å². The van der Waals surface area contributed by atoms with Gasteiger partial charge in [0.2, 0.25) is 0 Å². The van der Waals surface area contributed by atoms with Gasteiger partial charge in [-0.1, -0.05) is 41.9 Å². The minimum absolute atomic E-state index is 0.109. The third kappa shape index (κ3) is 4.16. The molecule has 0 aromatic heterocycles. The van der Waals surface area contributed by atoms with E-state index in [4.69, 9.17) is 17.3 Å². The molecule has 3 nitrogen and oxygen atoms in total. The highest BCUT2D eigenvalue weighted by Gasteiger charge is 2.27. The molecule has 2 N–H and O–H groups in total. The number of halogens is 1. The molecular formula is C20H23ClN2O. The Labute approximate surface area is 148 Å². The van der Waals surface area contributed by atoms with Crippen molar-refractivity contribution in [2.75, 3.05) is 13.1 Å². The Hall–Kier alpha value is -1.84. The lowest BCUT2D eigenvalue weighted by molar-refractivity contribution is 0.0678. The molecule has 1 amide bonds. The molecule has 0 radical (unpaired) electrons. The third-order valence-electron chi connectivity index (χ3n) is 4.81. The van der Waals surface area contributed by atoms with Crippen LogP contribution in [0.25, 0.3) is 0 Å². The van der Waals surface area contributed by atoms with Crippen LogP contribution in [0.4, 0.5) is 0 Å². The zero-order chi connectivity index (χ0) is 16.9. The summed E-state index contributed by atoms with van der Waals surface area (Å²) in [5, 5.41) is 0.753. The van der Waals surface area contributed by atoms with E-state index >= 15 is 0 Å². The molecule has 0 bridgehead atoms. The minimum Gasteiger partial charge on any atom is -0.339 e. The smallest absolute Gasteiger partial charge is 0.253 e. The molecule has 1 heterocycles. The predicted octanol–water partition coefficient (Wildman–Crippen LogP) is 3.76. The van der Waals surface area contributed by atoms with E-state index in [9.17, 15) is 4.79 Å². The molecule has 2 aromatic rings. The Bertz CT molecular complexity index is 681. The summed E-state index contributed by atoms with van der Waals surface area (Å²) in [6, 6.07) is 17.5. The van der Waals surface area contributed by atoms with E-state index in [1.807, 2.05) is 53.4 Å². The fourth-order valence-corrected chi connectivity index (χ4v) is 3.61. The highest BCUT2D eigenvalue weighted by atomic mass is 35.5. The number of amides is 1. The van der Waals surface area contributed by atoms with Gasteiger partial charge in [0.15, 0.2) is 0 Å². The molecule has 4 heteroatoms. The Kier molecular flexibility index (Phi) is 5.54. The Morgan fingerprint density at radius 3 is 2.50 bits per heavy atom. The first-order valence-electron chi connectivity index (χ1n) is 8.48. The van der Waals surface area contributed by atoms with Gasteiger partial charge in [0.05, 0.1) is 0 Å². The lowest BCUT2D eigenvalue weighted by Crippen LogP contribution is -2.44. The van der Waals surface area contributed by atoms with E-state index < -0.39 is 0 Å². The van der Waals surface area contributed by atoms with E-state index in [-0.39, 0.29) is 11.9 Å². The quantitative estimate of drug-likeness (QED) is 0.919. The molecule has 0 saturated carbocycles. The lowest BCUT2D eigenvalue weighted by Gasteiger charge is -2.35. The number of hydrogen-bond donors (Lipinski definition) is 1. The highest BCUT2D eigenvalue weighted by molar-refractivity contribution is 6.30.